The van der Waals surface area contributed by atoms with E-state index in [1.165, 1.54) is 0 Å². The Bertz CT molecular complexity index is 324. The Morgan fingerprint density at radius 3 is 3.14 bits per heavy atom. The van der Waals surface area contributed by atoms with Crippen molar-refractivity contribution < 1.29 is 9.84 Å². The molecule has 14 heavy (non-hydrogen) atoms. The monoisotopic (exact) mass is 213 g/mol. The average Bonchev–Trinajstić information content (AvgIpc) is 2.57. The van der Waals surface area contributed by atoms with Crippen molar-refractivity contribution in [3.05, 3.63) is 29.0 Å². The minimum absolute atomic E-state index is 0.394. The number of pyridine rings is 1. The van der Waals surface area contributed by atoms with Crippen LogP contribution in [0.15, 0.2) is 18.5 Å². The SMILES string of the molecule is OC1(Cc2ccncc2Cl)CCOC1. The second-order valence-electron chi connectivity index (χ2n) is 3.67. The number of rotatable bonds is 2. The van der Waals surface area contributed by atoms with Gasteiger partial charge in [-0.15, -0.1) is 0 Å². The number of ether oxygens (including phenoxy) is 1. The Labute approximate surface area is 87.7 Å². The largest absolute Gasteiger partial charge is 0.387 e. The Morgan fingerprint density at radius 2 is 2.50 bits per heavy atom. The molecule has 1 unspecified atom stereocenters. The summed E-state index contributed by atoms with van der Waals surface area (Å²) in [4.78, 5) is 3.90. The number of hydrogen-bond acceptors (Lipinski definition) is 3. The molecule has 1 aliphatic heterocycles. The summed E-state index contributed by atoms with van der Waals surface area (Å²) in [5.41, 5.74) is 0.181. The minimum atomic E-state index is -0.745. The number of hydrogen-bond donors (Lipinski definition) is 1. The summed E-state index contributed by atoms with van der Waals surface area (Å²) in [6.45, 7) is 1.02. The van der Waals surface area contributed by atoms with E-state index < -0.39 is 5.60 Å². The van der Waals surface area contributed by atoms with Gasteiger partial charge in [-0.1, -0.05) is 11.6 Å². The molecule has 0 spiro atoms. The lowest BCUT2D eigenvalue weighted by atomic mass is 9.94. The first kappa shape index (κ1) is 9.90. The highest BCUT2D eigenvalue weighted by Crippen LogP contribution is 2.26. The minimum Gasteiger partial charge on any atom is -0.387 e. The second-order valence-corrected chi connectivity index (χ2v) is 4.08. The van der Waals surface area contributed by atoms with Crippen molar-refractivity contribution in [2.75, 3.05) is 13.2 Å². The molecule has 3 nitrogen and oxygen atoms in total. The molecule has 1 fully saturated rings. The van der Waals surface area contributed by atoms with Gasteiger partial charge in [0.25, 0.3) is 0 Å². The first-order chi connectivity index (χ1) is 6.70. The zero-order valence-electron chi connectivity index (χ0n) is 7.74. The van der Waals surface area contributed by atoms with Crippen LogP contribution in [0.25, 0.3) is 0 Å². The van der Waals surface area contributed by atoms with Gasteiger partial charge in [0.1, 0.15) is 0 Å². The van der Waals surface area contributed by atoms with Crippen molar-refractivity contribution in [2.45, 2.75) is 18.4 Å². The zero-order valence-corrected chi connectivity index (χ0v) is 8.50. The molecule has 1 atom stereocenters. The molecule has 1 aromatic heterocycles. The number of aliphatic hydroxyl groups is 1. The van der Waals surface area contributed by atoms with Crippen molar-refractivity contribution >= 4 is 11.6 Å². The highest BCUT2D eigenvalue weighted by Gasteiger charge is 2.32. The topological polar surface area (TPSA) is 42.4 Å². The summed E-state index contributed by atoms with van der Waals surface area (Å²) in [7, 11) is 0. The van der Waals surface area contributed by atoms with Crippen LogP contribution in [0.3, 0.4) is 0 Å². The third kappa shape index (κ3) is 2.05. The lowest BCUT2D eigenvalue weighted by molar-refractivity contribution is 0.0270. The molecule has 0 radical (unpaired) electrons. The molecular weight excluding hydrogens is 202 g/mol. The third-order valence-electron chi connectivity index (χ3n) is 2.46. The van der Waals surface area contributed by atoms with Crippen molar-refractivity contribution in [1.29, 1.82) is 0 Å². The summed E-state index contributed by atoms with van der Waals surface area (Å²) in [6, 6.07) is 1.83. The molecule has 0 amide bonds. The van der Waals surface area contributed by atoms with Crippen LogP contribution >= 0.6 is 11.6 Å². The second kappa shape index (κ2) is 3.85. The Balaban J connectivity index is 2.14. The number of halogens is 1. The molecule has 1 aromatic rings. The molecule has 1 N–H and O–H groups in total. The van der Waals surface area contributed by atoms with E-state index in [4.69, 9.17) is 16.3 Å². The molecule has 1 saturated heterocycles. The number of aromatic nitrogens is 1. The smallest absolute Gasteiger partial charge is 0.0942 e. The summed E-state index contributed by atoms with van der Waals surface area (Å²) < 4.78 is 5.16. The molecule has 2 rings (SSSR count). The normalized spacial score (nSPS) is 26.7. The van der Waals surface area contributed by atoms with E-state index in [0.29, 0.717) is 31.1 Å². The van der Waals surface area contributed by atoms with Gasteiger partial charge in [0, 0.05) is 31.8 Å². The van der Waals surface area contributed by atoms with E-state index in [9.17, 15) is 5.11 Å². The molecule has 1 aliphatic rings. The van der Waals surface area contributed by atoms with Gasteiger partial charge in [-0.25, -0.2) is 0 Å². The summed E-state index contributed by atoms with van der Waals surface area (Å²) in [6.07, 6.45) is 4.48. The van der Waals surface area contributed by atoms with Crippen LogP contribution in [-0.2, 0) is 11.2 Å². The van der Waals surface area contributed by atoms with Crippen LogP contribution in [0.5, 0.6) is 0 Å². The first-order valence-corrected chi connectivity index (χ1v) is 4.96. The summed E-state index contributed by atoms with van der Waals surface area (Å²) in [5.74, 6) is 0. The van der Waals surface area contributed by atoms with E-state index in [2.05, 4.69) is 4.98 Å². The lowest BCUT2D eigenvalue weighted by Crippen LogP contribution is -2.31. The van der Waals surface area contributed by atoms with Crippen LogP contribution in [0.4, 0.5) is 0 Å². The predicted molar refractivity (Wildman–Crippen MR) is 53.3 cm³/mol. The van der Waals surface area contributed by atoms with E-state index >= 15 is 0 Å². The maximum Gasteiger partial charge on any atom is 0.0942 e. The molecule has 0 saturated carbocycles. The van der Waals surface area contributed by atoms with Crippen molar-refractivity contribution in [2.24, 2.45) is 0 Å². The van der Waals surface area contributed by atoms with Crippen LogP contribution in [0, 0.1) is 0 Å². The van der Waals surface area contributed by atoms with Crippen molar-refractivity contribution in [3.8, 4) is 0 Å². The molecule has 0 bridgehead atoms. The van der Waals surface area contributed by atoms with Gasteiger partial charge < -0.3 is 9.84 Å². The standard InChI is InChI=1S/C10H12ClNO2/c11-9-6-12-3-1-8(9)5-10(13)2-4-14-7-10/h1,3,6,13H,2,4-5,7H2. The molecule has 0 aromatic carbocycles. The average molecular weight is 214 g/mol. The van der Waals surface area contributed by atoms with Gasteiger partial charge in [-0.2, -0.15) is 0 Å². The maximum absolute atomic E-state index is 10.1. The number of nitrogens with zero attached hydrogens (tertiary/aromatic N) is 1. The van der Waals surface area contributed by atoms with Crippen LogP contribution in [0.1, 0.15) is 12.0 Å². The van der Waals surface area contributed by atoms with Gasteiger partial charge in [0.05, 0.1) is 17.2 Å². The van der Waals surface area contributed by atoms with E-state index in [1.54, 1.807) is 12.4 Å². The zero-order chi connectivity index (χ0) is 10.0. The molecule has 2 heterocycles. The summed E-state index contributed by atoms with van der Waals surface area (Å²) in [5, 5.41) is 10.7. The summed E-state index contributed by atoms with van der Waals surface area (Å²) >= 11 is 5.95. The fraction of sp³-hybridized carbons (Fsp3) is 0.500. The molecule has 0 aliphatic carbocycles. The van der Waals surface area contributed by atoms with Crippen LogP contribution in [-0.4, -0.2) is 28.9 Å². The van der Waals surface area contributed by atoms with E-state index in [1.807, 2.05) is 6.07 Å². The first-order valence-electron chi connectivity index (χ1n) is 4.58. The van der Waals surface area contributed by atoms with Gasteiger partial charge in [0.2, 0.25) is 0 Å². The van der Waals surface area contributed by atoms with Gasteiger partial charge in [-0.05, 0) is 11.6 Å². The van der Waals surface area contributed by atoms with E-state index in [-0.39, 0.29) is 0 Å². The molecular formula is C10H12ClNO2. The van der Waals surface area contributed by atoms with Gasteiger partial charge >= 0.3 is 0 Å². The fourth-order valence-electron chi connectivity index (χ4n) is 1.64. The Hall–Kier alpha value is -0.640. The Morgan fingerprint density at radius 1 is 1.64 bits per heavy atom. The van der Waals surface area contributed by atoms with E-state index in [0.717, 1.165) is 5.56 Å². The fourth-order valence-corrected chi connectivity index (χ4v) is 1.82. The lowest BCUT2D eigenvalue weighted by Gasteiger charge is -2.20. The van der Waals surface area contributed by atoms with Crippen LogP contribution < -0.4 is 0 Å². The molecule has 4 heteroatoms. The Kier molecular flexibility index (Phi) is 2.72. The molecule has 76 valence electrons. The third-order valence-corrected chi connectivity index (χ3v) is 2.80. The highest BCUT2D eigenvalue weighted by atomic mass is 35.5. The van der Waals surface area contributed by atoms with Gasteiger partial charge in [0.15, 0.2) is 0 Å². The van der Waals surface area contributed by atoms with Crippen molar-refractivity contribution in [1.82, 2.24) is 4.98 Å². The quantitative estimate of drug-likeness (QED) is 0.808. The van der Waals surface area contributed by atoms with Crippen molar-refractivity contribution in [3.63, 3.8) is 0 Å². The highest BCUT2D eigenvalue weighted by molar-refractivity contribution is 6.31. The maximum atomic E-state index is 10.1. The van der Waals surface area contributed by atoms with Gasteiger partial charge in [-0.3, -0.25) is 4.98 Å². The van der Waals surface area contributed by atoms with Crippen LogP contribution in [0.2, 0.25) is 5.02 Å². The predicted octanol–water partition coefficient (Wildman–Crippen LogP) is 1.43.